The Bertz CT molecular complexity index is 671. The van der Waals surface area contributed by atoms with Crippen LogP contribution in [0.2, 0.25) is 0 Å². The van der Waals surface area contributed by atoms with Crippen LogP contribution >= 0.6 is 11.3 Å². The predicted octanol–water partition coefficient (Wildman–Crippen LogP) is 4.20. The highest BCUT2D eigenvalue weighted by molar-refractivity contribution is 7.21. The van der Waals surface area contributed by atoms with E-state index in [9.17, 15) is 4.79 Å². The highest BCUT2D eigenvalue weighted by Gasteiger charge is 2.26. The van der Waals surface area contributed by atoms with Gasteiger partial charge in [-0.1, -0.05) is 30.9 Å². The van der Waals surface area contributed by atoms with E-state index in [1.54, 1.807) is 0 Å². The maximum atomic E-state index is 12.8. The topological polar surface area (TPSA) is 46.3 Å². The summed E-state index contributed by atoms with van der Waals surface area (Å²) in [6.45, 7) is 2.05. The number of nitrogen functional groups attached to an aromatic ring is 1. The largest absolute Gasteiger partial charge is 0.397 e. The minimum Gasteiger partial charge on any atom is -0.397 e. The zero-order valence-electron chi connectivity index (χ0n) is 12.7. The molecule has 2 aromatic rings. The maximum absolute atomic E-state index is 12.8. The first kappa shape index (κ1) is 14.4. The Balaban J connectivity index is 1.92. The quantitative estimate of drug-likeness (QED) is 0.904. The van der Waals surface area contributed by atoms with E-state index < -0.39 is 0 Å². The van der Waals surface area contributed by atoms with Crippen LogP contribution in [0, 0.1) is 6.92 Å². The number of anilines is 1. The fraction of sp³-hybridized carbons (Fsp3) is 0.471. The normalized spacial score (nSPS) is 16.3. The Kier molecular flexibility index (Phi) is 3.89. The van der Waals surface area contributed by atoms with Crippen molar-refractivity contribution in [1.82, 2.24) is 4.90 Å². The van der Waals surface area contributed by atoms with Crippen molar-refractivity contribution in [3.63, 3.8) is 0 Å². The van der Waals surface area contributed by atoms with Crippen molar-refractivity contribution in [2.45, 2.75) is 45.1 Å². The van der Waals surface area contributed by atoms with Crippen molar-refractivity contribution in [3.8, 4) is 0 Å². The molecule has 0 atom stereocenters. The summed E-state index contributed by atoms with van der Waals surface area (Å²) in [7, 11) is 1.92. The fourth-order valence-electron chi connectivity index (χ4n) is 3.18. The first-order chi connectivity index (χ1) is 10.1. The summed E-state index contributed by atoms with van der Waals surface area (Å²) in [5.41, 5.74) is 8.06. The van der Waals surface area contributed by atoms with Crippen molar-refractivity contribution < 1.29 is 4.79 Å². The second-order valence-corrected chi connectivity index (χ2v) is 7.10. The third-order valence-electron chi connectivity index (χ3n) is 4.52. The van der Waals surface area contributed by atoms with Crippen molar-refractivity contribution in [2.75, 3.05) is 12.8 Å². The highest BCUT2D eigenvalue weighted by Crippen LogP contribution is 2.35. The smallest absolute Gasteiger partial charge is 0.266 e. The highest BCUT2D eigenvalue weighted by atomic mass is 32.1. The number of nitrogens with zero attached hydrogens (tertiary/aromatic N) is 1. The number of hydrogen-bond donors (Lipinski definition) is 1. The lowest BCUT2D eigenvalue weighted by molar-refractivity contribution is 0.0702. The molecule has 1 aliphatic carbocycles. The third-order valence-corrected chi connectivity index (χ3v) is 5.69. The molecule has 21 heavy (non-hydrogen) atoms. The lowest BCUT2D eigenvalue weighted by Crippen LogP contribution is -2.38. The Morgan fingerprint density at radius 3 is 2.71 bits per heavy atom. The van der Waals surface area contributed by atoms with Crippen LogP contribution in [0.3, 0.4) is 0 Å². The van der Waals surface area contributed by atoms with Crippen LogP contribution in [-0.2, 0) is 0 Å². The van der Waals surface area contributed by atoms with E-state index in [0.717, 1.165) is 22.9 Å². The summed E-state index contributed by atoms with van der Waals surface area (Å²) in [6.07, 6.45) is 5.98. The molecule has 0 spiro atoms. The van der Waals surface area contributed by atoms with Gasteiger partial charge < -0.3 is 10.6 Å². The SMILES string of the molecule is Cc1ccc2sc(C(=O)N(C)C3CCCCC3)c(N)c2c1. The standard InChI is InChI=1S/C17H22N2OS/c1-11-8-9-14-13(10-11)15(18)16(21-14)17(20)19(2)12-6-4-3-5-7-12/h8-10,12H,3-7,18H2,1-2H3. The summed E-state index contributed by atoms with van der Waals surface area (Å²) in [5.74, 6) is 0.0817. The van der Waals surface area contributed by atoms with Crippen molar-refractivity contribution in [3.05, 3.63) is 28.6 Å². The summed E-state index contributed by atoms with van der Waals surface area (Å²) in [6, 6.07) is 6.57. The molecule has 2 N–H and O–H groups in total. The zero-order valence-corrected chi connectivity index (χ0v) is 13.5. The number of thiophene rings is 1. The van der Waals surface area contributed by atoms with Crippen LogP contribution in [0.4, 0.5) is 5.69 Å². The average molecular weight is 302 g/mol. The van der Waals surface area contributed by atoms with Crippen LogP contribution in [-0.4, -0.2) is 23.9 Å². The van der Waals surface area contributed by atoms with Gasteiger partial charge in [0.05, 0.1) is 5.69 Å². The van der Waals surface area contributed by atoms with Crippen LogP contribution in [0.1, 0.15) is 47.3 Å². The molecule has 1 aromatic heterocycles. The molecule has 1 aliphatic rings. The molecule has 1 aromatic carbocycles. The lowest BCUT2D eigenvalue weighted by atomic mass is 9.94. The van der Waals surface area contributed by atoms with Crippen molar-refractivity contribution in [1.29, 1.82) is 0 Å². The summed E-state index contributed by atoms with van der Waals surface area (Å²) >= 11 is 1.52. The number of aryl methyl sites for hydroxylation is 1. The van der Waals surface area contributed by atoms with Gasteiger partial charge in [0.2, 0.25) is 0 Å². The number of carbonyl (C=O) groups is 1. The van der Waals surface area contributed by atoms with Crippen LogP contribution in [0.25, 0.3) is 10.1 Å². The first-order valence-corrected chi connectivity index (χ1v) is 8.45. The number of hydrogen-bond acceptors (Lipinski definition) is 3. The molecule has 4 heteroatoms. The lowest BCUT2D eigenvalue weighted by Gasteiger charge is -2.31. The summed E-state index contributed by atoms with van der Waals surface area (Å²) < 4.78 is 1.10. The van der Waals surface area contributed by atoms with E-state index >= 15 is 0 Å². The Morgan fingerprint density at radius 2 is 2.00 bits per heavy atom. The predicted molar refractivity (Wildman–Crippen MR) is 89.9 cm³/mol. The van der Waals surface area contributed by atoms with Crippen molar-refractivity contribution >= 4 is 33.0 Å². The second kappa shape index (κ2) is 5.68. The molecule has 1 amide bonds. The first-order valence-electron chi connectivity index (χ1n) is 7.63. The fourth-order valence-corrected chi connectivity index (χ4v) is 4.27. The molecule has 112 valence electrons. The van der Waals surface area contributed by atoms with Gasteiger partial charge in [-0.25, -0.2) is 0 Å². The molecule has 0 aliphatic heterocycles. The zero-order chi connectivity index (χ0) is 15.0. The number of rotatable bonds is 2. The van der Waals surface area contributed by atoms with Gasteiger partial charge in [0.1, 0.15) is 4.88 Å². The van der Waals surface area contributed by atoms with Crippen LogP contribution < -0.4 is 5.73 Å². The molecule has 1 fully saturated rings. The molecule has 0 saturated heterocycles. The van der Waals surface area contributed by atoms with Gasteiger partial charge in [-0.05, 0) is 31.9 Å². The van der Waals surface area contributed by atoms with Gasteiger partial charge in [-0.2, -0.15) is 0 Å². The Labute approximate surface area is 129 Å². The molecular formula is C17H22N2OS. The molecule has 0 radical (unpaired) electrons. The second-order valence-electron chi connectivity index (χ2n) is 6.05. The van der Waals surface area contributed by atoms with Crippen LogP contribution in [0.15, 0.2) is 18.2 Å². The molecule has 1 saturated carbocycles. The third kappa shape index (κ3) is 2.64. The van der Waals surface area contributed by atoms with Gasteiger partial charge >= 0.3 is 0 Å². The van der Waals surface area contributed by atoms with E-state index in [0.29, 0.717) is 16.6 Å². The average Bonchev–Trinajstić information content (AvgIpc) is 2.83. The number of amides is 1. The van der Waals surface area contributed by atoms with E-state index in [4.69, 9.17) is 5.73 Å². The Morgan fingerprint density at radius 1 is 1.29 bits per heavy atom. The van der Waals surface area contributed by atoms with Gasteiger partial charge in [-0.15, -0.1) is 11.3 Å². The summed E-state index contributed by atoms with van der Waals surface area (Å²) in [5, 5.41) is 1.01. The Hall–Kier alpha value is -1.55. The molecule has 3 rings (SSSR count). The minimum atomic E-state index is 0.0817. The minimum absolute atomic E-state index is 0.0817. The van der Waals surface area contributed by atoms with E-state index in [2.05, 4.69) is 18.2 Å². The molecule has 0 unspecified atom stereocenters. The number of fused-ring (bicyclic) bond motifs is 1. The van der Waals surface area contributed by atoms with E-state index in [-0.39, 0.29) is 5.91 Å². The molecule has 3 nitrogen and oxygen atoms in total. The maximum Gasteiger partial charge on any atom is 0.266 e. The number of nitrogens with two attached hydrogens (primary N) is 1. The molecule has 0 bridgehead atoms. The molecule has 1 heterocycles. The van der Waals surface area contributed by atoms with Crippen molar-refractivity contribution in [2.24, 2.45) is 0 Å². The van der Waals surface area contributed by atoms with Crippen LogP contribution in [0.5, 0.6) is 0 Å². The molecular weight excluding hydrogens is 280 g/mol. The monoisotopic (exact) mass is 302 g/mol. The number of benzene rings is 1. The van der Waals surface area contributed by atoms with Gasteiger partial charge in [-0.3, -0.25) is 4.79 Å². The number of carbonyl (C=O) groups excluding carboxylic acids is 1. The van der Waals surface area contributed by atoms with E-state index in [1.165, 1.54) is 36.2 Å². The van der Waals surface area contributed by atoms with Gasteiger partial charge in [0.25, 0.3) is 5.91 Å². The van der Waals surface area contributed by atoms with Gasteiger partial charge in [0.15, 0.2) is 0 Å². The van der Waals surface area contributed by atoms with Gasteiger partial charge in [0, 0.05) is 23.2 Å². The summed E-state index contributed by atoms with van der Waals surface area (Å²) in [4.78, 5) is 15.4. The van der Waals surface area contributed by atoms with E-state index in [1.807, 2.05) is 18.9 Å².